The largest absolute Gasteiger partial charge is 0.481 e. The maximum absolute atomic E-state index is 12.5. The molecule has 5 aromatic carbocycles. The maximum atomic E-state index is 12.5. The number of nitrogens with one attached hydrogen (secondary N) is 1. The van der Waals surface area contributed by atoms with Gasteiger partial charge in [0, 0.05) is 51.0 Å². The summed E-state index contributed by atoms with van der Waals surface area (Å²) in [4.78, 5) is 25.7. The molecule has 0 unspecified atom stereocenters. The van der Waals surface area contributed by atoms with Gasteiger partial charge in [-0.1, -0.05) is 134 Å². The first-order valence-electron chi connectivity index (χ1n) is 19.4. The fourth-order valence-electron chi connectivity index (χ4n) is 7.12. The van der Waals surface area contributed by atoms with Gasteiger partial charge in [0.15, 0.2) is 6.29 Å². The van der Waals surface area contributed by atoms with E-state index in [0.29, 0.717) is 32.4 Å². The Morgan fingerprint density at radius 2 is 1.25 bits per heavy atom. The van der Waals surface area contributed by atoms with Crippen LogP contribution >= 0.6 is 0 Å². The number of hydrogen-bond donors (Lipinski definition) is 3. The number of carboxylic acid groups (broad SMARTS) is 1. The minimum atomic E-state index is -0.775. The molecule has 1 aliphatic rings. The summed E-state index contributed by atoms with van der Waals surface area (Å²) in [6.45, 7) is 2.72. The molecule has 286 valence electrons. The Morgan fingerprint density at radius 1 is 0.636 bits per heavy atom. The highest BCUT2D eigenvalue weighted by Crippen LogP contribution is 2.39. The Bertz CT molecular complexity index is 1890. The van der Waals surface area contributed by atoms with Crippen molar-refractivity contribution < 1.29 is 29.3 Å². The summed E-state index contributed by atoms with van der Waals surface area (Å²) < 4.78 is 13.6. The average Bonchev–Trinajstić information content (AvgIpc) is 3.22. The van der Waals surface area contributed by atoms with Crippen molar-refractivity contribution in [2.45, 2.75) is 89.7 Å². The van der Waals surface area contributed by atoms with E-state index in [1.165, 1.54) is 11.1 Å². The number of amides is 1. The smallest absolute Gasteiger partial charge is 0.303 e. The molecular weight excluding hydrogens is 689 g/mol. The van der Waals surface area contributed by atoms with Gasteiger partial charge in [-0.3, -0.25) is 14.5 Å². The van der Waals surface area contributed by atoms with E-state index in [4.69, 9.17) is 14.6 Å². The third-order valence-corrected chi connectivity index (χ3v) is 10.0. The van der Waals surface area contributed by atoms with E-state index in [2.05, 4.69) is 89.1 Å². The Kier molecular flexibility index (Phi) is 14.8. The average molecular weight is 741 g/mol. The lowest BCUT2D eigenvalue weighted by molar-refractivity contribution is -0.253. The monoisotopic (exact) mass is 740 g/mol. The standard InChI is InChI=1S/C47H52N2O6/c50-34-37-23-25-39(26-24-37)44-29-43(33-49(31-35-13-5-3-6-14-35)32-36-15-7-4-8-16-36)54-47(55-44)42-20-12-19-41(28-42)40-18-11-17-38(27-40)30-48-45(51)21-9-1-2-10-22-46(52)53/h3-8,11-20,23-28,43-44,47,50H,1-2,9-10,21-22,29-34H2,(H,48,51)(H,52,53)/t43-,44+,47+/m0/s1. The lowest BCUT2D eigenvalue weighted by Crippen LogP contribution is -2.39. The molecule has 0 radical (unpaired) electrons. The molecule has 1 saturated heterocycles. The first-order valence-corrected chi connectivity index (χ1v) is 19.4. The van der Waals surface area contributed by atoms with E-state index >= 15 is 0 Å². The van der Waals surface area contributed by atoms with Gasteiger partial charge in [0.1, 0.15) is 0 Å². The Labute approximate surface area is 324 Å². The molecule has 6 rings (SSSR count). The number of carboxylic acids is 1. The van der Waals surface area contributed by atoms with Crippen molar-refractivity contribution in [1.29, 1.82) is 0 Å². The van der Waals surface area contributed by atoms with E-state index in [0.717, 1.165) is 65.7 Å². The minimum Gasteiger partial charge on any atom is -0.481 e. The highest BCUT2D eigenvalue weighted by molar-refractivity contribution is 5.76. The number of aliphatic carboxylic acids is 1. The van der Waals surface area contributed by atoms with Gasteiger partial charge in [-0.05, 0) is 63.9 Å². The summed E-state index contributed by atoms with van der Waals surface area (Å²) in [6.07, 6.45) is 3.44. The van der Waals surface area contributed by atoms with E-state index in [9.17, 15) is 14.7 Å². The van der Waals surface area contributed by atoms with Gasteiger partial charge in [-0.15, -0.1) is 0 Å². The number of hydrogen-bond acceptors (Lipinski definition) is 6. The molecule has 3 N–H and O–H groups in total. The van der Waals surface area contributed by atoms with Crippen LogP contribution in [0.25, 0.3) is 11.1 Å². The highest BCUT2D eigenvalue weighted by atomic mass is 16.7. The van der Waals surface area contributed by atoms with Crippen LogP contribution in [0.4, 0.5) is 0 Å². The van der Waals surface area contributed by atoms with Crippen LogP contribution in [0.2, 0.25) is 0 Å². The molecule has 0 aliphatic carbocycles. The van der Waals surface area contributed by atoms with Gasteiger partial charge in [-0.25, -0.2) is 0 Å². The molecule has 1 fully saturated rings. The molecule has 3 atom stereocenters. The number of unbranched alkanes of at least 4 members (excludes halogenated alkanes) is 3. The van der Waals surface area contributed by atoms with Crippen molar-refractivity contribution in [2.75, 3.05) is 6.54 Å². The first kappa shape index (κ1) is 39.6. The van der Waals surface area contributed by atoms with Crippen molar-refractivity contribution in [3.8, 4) is 11.1 Å². The molecule has 55 heavy (non-hydrogen) atoms. The van der Waals surface area contributed by atoms with Gasteiger partial charge in [0.2, 0.25) is 5.91 Å². The van der Waals surface area contributed by atoms with Crippen LogP contribution in [0.15, 0.2) is 133 Å². The second-order valence-corrected chi connectivity index (χ2v) is 14.4. The summed E-state index contributed by atoms with van der Waals surface area (Å²) in [6, 6.07) is 45.6. The molecule has 0 saturated carbocycles. The number of ether oxygens (including phenoxy) is 2. The molecule has 1 heterocycles. The molecule has 0 spiro atoms. The fraction of sp³-hybridized carbons (Fsp3) is 0.319. The molecule has 0 bridgehead atoms. The molecule has 0 aromatic heterocycles. The number of benzene rings is 5. The van der Waals surface area contributed by atoms with Gasteiger partial charge >= 0.3 is 5.97 Å². The SMILES string of the molecule is O=C(O)CCCCCCC(=O)NCc1cccc(-c2cccc([C@@H]3O[C@H](CN(Cc4ccccc4)Cc4ccccc4)C[C@H](c4ccc(CO)cc4)O3)c2)c1. The number of carbonyl (C=O) groups excluding carboxylic acids is 1. The predicted molar refractivity (Wildman–Crippen MR) is 214 cm³/mol. The summed E-state index contributed by atoms with van der Waals surface area (Å²) >= 11 is 0. The van der Waals surface area contributed by atoms with Crippen molar-refractivity contribution in [2.24, 2.45) is 0 Å². The number of carbonyl (C=O) groups is 2. The topological polar surface area (TPSA) is 108 Å². The van der Waals surface area contributed by atoms with Gasteiger partial charge in [0.05, 0.1) is 18.8 Å². The van der Waals surface area contributed by atoms with E-state index < -0.39 is 12.3 Å². The second kappa shape index (κ2) is 20.5. The first-order chi connectivity index (χ1) is 26.9. The Morgan fingerprint density at radius 3 is 1.91 bits per heavy atom. The third kappa shape index (κ3) is 12.5. The summed E-state index contributed by atoms with van der Waals surface area (Å²) in [7, 11) is 0. The lowest BCUT2D eigenvalue weighted by Gasteiger charge is -2.38. The van der Waals surface area contributed by atoms with Crippen LogP contribution in [0.5, 0.6) is 0 Å². The normalized spacial score (nSPS) is 16.9. The predicted octanol–water partition coefficient (Wildman–Crippen LogP) is 9.14. The molecule has 8 nitrogen and oxygen atoms in total. The summed E-state index contributed by atoms with van der Waals surface area (Å²) in [5.74, 6) is -0.777. The Hall–Kier alpha value is -5.12. The fourth-order valence-corrected chi connectivity index (χ4v) is 7.12. The van der Waals surface area contributed by atoms with Crippen LogP contribution in [0, 0.1) is 0 Å². The zero-order chi connectivity index (χ0) is 38.2. The van der Waals surface area contributed by atoms with Crippen molar-refractivity contribution in [3.05, 3.63) is 167 Å². The molecule has 1 aliphatic heterocycles. The van der Waals surface area contributed by atoms with Crippen LogP contribution in [0.3, 0.4) is 0 Å². The maximum Gasteiger partial charge on any atom is 0.303 e. The summed E-state index contributed by atoms with van der Waals surface area (Å²) in [5.41, 5.74) is 8.41. The molecule has 1 amide bonds. The number of aliphatic hydroxyl groups excluding tert-OH is 1. The third-order valence-electron chi connectivity index (χ3n) is 10.0. The van der Waals surface area contributed by atoms with Crippen LogP contribution in [-0.4, -0.2) is 39.6 Å². The van der Waals surface area contributed by atoms with Crippen LogP contribution in [0.1, 0.15) is 90.7 Å². The zero-order valence-corrected chi connectivity index (χ0v) is 31.4. The summed E-state index contributed by atoms with van der Waals surface area (Å²) in [5, 5.41) is 21.5. The van der Waals surface area contributed by atoms with E-state index in [1.54, 1.807) is 0 Å². The van der Waals surface area contributed by atoms with Crippen LogP contribution in [-0.2, 0) is 45.3 Å². The quantitative estimate of drug-likeness (QED) is 0.0725. The molecule has 8 heteroatoms. The highest BCUT2D eigenvalue weighted by Gasteiger charge is 2.33. The van der Waals surface area contributed by atoms with Crippen molar-refractivity contribution in [1.82, 2.24) is 10.2 Å². The molecular formula is C47H52N2O6. The Balaban J connectivity index is 1.16. The zero-order valence-electron chi connectivity index (χ0n) is 31.4. The lowest BCUT2D eigenvalue weighted by atomic mass is 9.98. The molecule has 5 aromatic rings. The van der Waals surface area contributed by atoms with Crippen LogP contribution < -0.4 is 5.32 Å². The van der Waals surface area contributed by atoms with Gasteiger partial charge in [0.25, 0.3) is 0 Å². The minimum absolute atomic E-state index is 0.00144. The van der Waals surface area contributed by atoms with Gasteiger partial charge in [-0.2, -0.15) is 0 Å². The number of aliphatic hydroxyl groups is 1. The number of rotatable bonds is 19. The van der Waals surface area contributed by atoms with E-state index in [-0.39, 0.29) is 31.1 Å². The van der Waals surface area contributed by atoms with E-state index in [1.807, 2.05) is 54.6 Å². The second-order valence-electron chi connectivity index (χ2n) is 14.4. The number of nitrogens with zero attached hydrogens (tertiary/aromatic N) is 1. The van der Waals surface area contributed by atoms with Gasteiger partial charge < -0.3 is 25.0 Å². The van der Waals surface area contributed by atoms with Crippen molar-refractivity contribution >= 4 is 11.9 Å². The van der Waals surface area contributed by atoms with Crippen molar-refractivity contribution in [3.63, 3.8) is 0 Å².